The Morgan fingerprint density at radius 1 is 0.971 bits per heavy atom. The highest BCUT2D eigenvalue weighted by atomic mass is 32.2. The van der Waals surface area contributed by atoms with E-state index in [4.69, 9.17) is 4.42 Å². The fourth-order valence-corrected chi connectivity index (χ4v) is 5.28. The first-order chi connectivity index (χ1) is 17.0. The fourth-order valence-electron chi connectivity index (χ4n) is 4.29. The Labute approximate surface area is 204 Å². The summed E-state index contributed by atoms with van der Waals surface area (Å²) in [5.74, 6) is 0.438. The zero-order valence-corrected chi connectivity index (χ0v) is 19.8. The zero-order chi connectivity index (χ0) is 24.3. The molecule has 1 amide bonds. The molecule has 0 radical (unpaired) electrons. The molecule has 1 aliphatic rings. The second-order valence-corrected chi connectivity index (χ2v) is 10.0. The molecule has 0 spiro atoms. The first-order valence-corrected chi connectivity index (χ1v) is 12.8. The van der Waals surface area contributed by atoms with Crippen molar-refractivity contribution < 1.29 is 17.6 Å². The number of hydrogen-bond donors (Lipinski definition) is 1. The second-order valence-electron chi connectivity index (χ2n) is 8.28. The van der Waals surface area contributed by atoms with Crippen LogP contribution in [0.25, 0.3) is 6.08 Å². The number of nitrogens with zero attached hydrogens (tertiary/aromatic N) is 2. The lowest BCUT2D eigenvalue weighted by molar-refractivity contribution is -0.128. The van der Waals surface area contributed by atoms with Gasteiger partial charge in [0.25, 0.3) is 0 Å². The molecule has 0 saturated heterocycles. The number of carbonyl (C=O) groups is 1. The lowest BCUT2D eigenvalue weighted by Crippen LogP contribution is -2.41. The summed E-state index contributed by atoms with van der Waals surface area (Å²) >= 11 is 0. The van der Waals surface area contributed by atoms with E-state index in [1.165, 1.54) is 18.4 Å². The fraction of sp³-hybridized carbons (Fsp3) is 0.148. The van der Waals surface area contributed by atoms with Crippen molar-refractivity contribution in [3.8, 4) is 0 Å². The van der Waals surface area contributed by atoms with E-state index in [0.29, 0.717) is 12.3 Å². The Hall–Kier alpha value is -3.88. The quantitative estimate of drug-likeness (QED) is 0.396. The van der Waals surface area contributed by atoms with Crippen LogP contribution >= 0.6 is 0 Å². The van der Waals surface area contributed by atoms with Gasteiger partial charge in [-0.15, -0.1) is 0 Å². The highest BCUT2D eigenvalue weighted by molar-refractivity contribution is 7.89. The number of hydrogen-bond acceptors (Lipinski definition) is 4. The topological polar surface area (TPSA) is 84.5 Å². The van der Waals surface area contributed by atoms with E-state index in [9.17, 15) is 13.2 Å². The van der Waals surface area contributed by atoms with Gasteiger partial charge in [-0.25, -0.2) is 13.1 Å². The van der Waals surface area contributed by atoms with Crippen molar-refractivity contribution in [2.45, 2.75) is 24.0 Å². The minimum Gasteiger partial charge on any atom is -0.468 e. The van der Waals surface area contributed by atoms with Crippen molar-refractivity contribution in [3.63, 3.8) is 0 Å². The van der Waals surface area contributed by atoms with Crippen LogP contribution < -0.4 is 4.72 Å². The molecule has 7 nitrogen and oxygen atoms in total. The Bertz CT molecular complexity index is 1420. The Morgan fingerprint density at radius 3 is 2.51 bits per heavy atom. The predicted molar refractivity (Wildman–Crippen MR) is 133 cm³/mol. The predicted octanol–water partition coefficient (Wildman–Crippen LogP) is 4.20. The van der Waals surface area contributed by atoms with Crippen molar-refractivity contribution in [2.75, 3.05) is 6.54 Å². The third-order valence-electron chi connectivity index (χ3n) is 6.06. The van der Waals surface area contributed by atoms with Gasteiger partial charge in [-0.2, -0.15) is 0 Å². The Balaban J connectivity index is 1.30. The van der Waals surface area contributed by atoms with Crippen LogP contribution in [0.1, 0.15) is 28.6 Å². The summed E-state index contributed by atoms with van der Waals surface area (Å²) in [5, 5.41) is 0. The molecule has 1 unspecified atom stereocenters. The zero-order valence-electron chi connectivity index (χ0n) is 18.9. The number of rotatable bonds is 7. The molecule has 5 rings (SSSR count). The smallest absolute Gasteiger partial charge is 0.247 e. The van der Waals surface area contributed by atoms with Gasteiger partial charge in [-0.1, -0.05) is 42.5 Å². The average Bonchev–Trinajstić information content (AvgIpc) is 3.58. The number of carbonyl (C=O) groups excluding carboxylic acids is 1. The molecular weight excluding hydrogens is 462 g/mol. The van der Waals surface area contributed by atoms with Crippen molar-refractivity contribution in [2.24, 2.45) is 0 Å². The van der Waals surface area contributed by atoms with Gasteiger partial charge in [-0.3, -0.25) is 4.79 Å². The van der Waals surface area contributed by atoms with Gasteiger partial charge in [0.1, 0.15) is 5.76 Å². The monoisotopic (exact) mass is 487 g/mol. The summed E-state index contributed by atoms with van der Waals surface area (Å²) in [7, 11) is -3.67. The van der Waals surface area contributed by atoms with Crippen molar-refractivity contribution in [3.05, 3.63) is 120 Å². The van der Waals surface area contributed by atoms with Crippen LogP contribution in [-0.2, 0) is 27.9 Å². The van der Waals surface area contributed by atoms with Crippen LogP contribution in [0.3, 0.4) is 0 Å². The van der Waals surface area contributed by atoms with Crippen molar-refractivity contribution in [1.29, 1.82) is 0 Å². The number of furan rings is 1. The van der Waals surface area contributed by atoms with E-state index in [-0.39, 0.29) is 23.4 Å². The number of amides is 1. The summed E-state index contributed by atoms with van der Waals surface area (Å²) in [6.45, 7) is 1.42. The highest BCUT2D eigenvalue weighted by Gasteiger charge is 2.30. The lowest BCUT2D eigenvalue weighted by atomic mass is 10.00. The molecule has 4 aromatic rings. The van der Waals surface area contributed by atoms with Crippen LogP contribution in [0.15, 0.2) is 107 Å². The molecule has 2 aromatic heterocycles. The average molecular weight is 488 g/mol. The molecule has 8 heteroatoms. The molecular formula is C27H25N3O4S. The van der Waals surface area contributed by atoms with Crippen LogP contribution in [-0.4, -0.2) is 30.3 Å². The number of nitrogens with one attached hydrogen (secondary N) is 1. The minimum absolute atomic E-state index is 0.0767. The Kier molecular flexibility index (Phi) is 6.39. The third-order valence-corrected chi connectivity index (χ3v) is 7.48. The summed E-state index contributed by atoms with van der Waals surface area (Å²) < 4.78 is 34.9. The maximum atomic E-state index is 13.2. The van der Waals surface area contributed by atoms with Gasteiger partial charge in [0.15, 0.2) is 0 Å². The van der Waals surface area contributed by atoms with Gasteiger partial charge in [0.05, 0.1) is 23.7 Å². The van der Waals surface area contributed by atoms with E-state index in [0.717, 1.165) is 23.4 Å². The number of sulfonamides is 1. The summed E-state index contributed by atoms with van der Waals surface area (Å²) in [5.41, 5.74) is 2.88. The minimum atomic E-state index is -3.67. The molecule has 1 atom stereocenters. The summed E-state index contributed by atoms with van der Waals surface area (Å²) in [6, 6.07) is 23.7. The molecule has 0 bridgehead atoms. The van der Waals surface area contributed by atoms with Gasteiger partial charge in [-0.05, 0) is 53.6 Å². The maximum absolute atomic E-state index is 13.2. The number of fused-ring (bicyclic) bond motifs is 1. The van der Waals surface area contributed by atoms with E-state index < -0.39 is 10.0 Å². The van der Waals surface area contributed by atoms with E-state index in [1.54, 1.807) is 36.4 Å². The van der Waals surface area contributed by atoms with Gasteiger partial charge in [0, 0.05) is 31.1 Å². The normalized spacial score (nSPS) is 15.9. The summed E-state index contributed by atoms with van der Waals surface area (Å²) in [4.78, 5) is 15.2. The molecule has 0 aliphatic carbocycles. The molecule has 3 heterocycles. The molecule has 178 valence electrons. The third kappa shape index (κ3) is 4.99. The summed E-state index contributed by atoms with van der Waals surface area (Å²) in [6.07, 6.45) is 6.80. The largest absolute Gasteiger partial charge is 0.468 e. The highest BCUT2D eigenvalue weighted by Crippen LogP contribution is 2.32. The second kappa shape index (κ2) is 9.77. The van der Waals surface area contributed by atoms with Crippen LogP contribution in [0.2, 0.25) is 0 Å². The van der Waals surface area contributed by atoms with Gasteiger partial charge >= 0.3 is 0 Å². The molecule has 0 fully saturated rings. The van der Waals surface area contributed by atoms with Crippen LogP contribution in [0.4, 0.5) is 0 Å². The standard InChI is InChI=1S/C27H25N3O4S/c31-26(30-18-17-29-16-4-9-25(29)27(30)22-6-2-1-3-7-22)15-12-21-10-13-24(14-11-21)35(32,33)28-20-23-8-5-19-34-23/h1-16,19,27-28H,17-18,20H2/b15-12+. The lowest BCUT2D eigenvalue weighted by Gasteiger charge is -2.36. The van der Waals surface area contributed by atoms with Crippen LogP contribution in [0.5, 0.6) is 0 Å². The van der Waals surface area contributed by atoms with E-state index in [2.05, 4.69) is 15.4 Å². The van der Waals surface area contributed by atoms with Crippen molar-refractivity contribution >= 4 is 22.0 Å². The maximum Gasteiger partial charge on any atom is 0.247 e. The SMILES string of the molecule is O=C(/C=C/c1ccc(S(=O)(=O)NCc2ccco2)cc1)N1CCn2cccc2C1c1ccccc1. The van der Waals surface area contributed by atoms with E-state index in [1.807, 2.05) is 47.5 Å². The Morgan fingerprint density at radius 2 is 1.77 bits per heavy atom. The number of aromatic nitrogens is 1. The van der Waals surface area contributed by atoms with Crippen molar-refractivity contribution in [1.82, 2.24) is 14.2 Å². The molecule has 0 saturated carbocycles. The molecule has 2 aromatic carbocycles. The molecule has 35 heavy (non-hydrogen) atoms. The van der Waals surface area contributed by atoms with E-state index >= 15 is 0 Å². The van der Waals surface area contributed by atoms with Gasteiger partial charge in [0.2, 0.25) is 15.9 Å². The molecule has 1 aliphatic heterocycles. The van der Waals surface area contributed by atoms with Crippen LogP contribution in [0, 0.1) is 0 Å². The van der Waals surface area contributed by atoms with Gasteiger partial charge < -0.3 is 13.9 Å². The first-order valence-electron chi connectivity index (χ1n) is 11.3. The number of benzene rings is 2. The molecule has 1 N–H and O–H groups in total. The first kappa shape index (κ1) is 22.9.